The molecule has 1 aromatic carbocycles. The summed E-state index contributed by atoms with van der Waals surface area (Å²) >= 11 is 3.33. The molecular formula is C12H13BrF3N3O2. The molecule has 0 bridgehead atoms. The SMILES string of the molecule is CN(CCN)c1ccc(Br)cc1C#N.O=C(O)C(F)(F)F. The molecule has 0 aliphatic rings. The summed E-state index contributed by atoms with van der Waals surface area (Å²) in [5.74, 6) is -2.76. The smallest absolute Gasteiger partial charge is 0.475 e. The summed E-state index contributed by atoms with van der Waals surface area (Å²) in [6, 6.07) is 7.81. The van der Waals surface area contributed by atoms with Crippen LogP contribution < -0.4 is 10.6 Å². The molecule has 0 saturated heterocycles. The largest absolute Gasteiger partial charge is 0.490 e. The van der Waals surface area contributed by atoms with E-state index in [1.54, 1.807) is 0 Å². The molecule has 1 aromatic rings. The summed E-state index contributed by atoms with van der Waals surface area (Å²) in [6.45, 7) is 1.33. The number of nitrogens with zero attached hydrogens (tertiary/aromatic N) is 2. The van der Waals surface area contributed by atoms with E-state index in [1.165, 1.54) is 0 Å². The van der Waals surface area contributed by atoms with E-state index in [0.29, 0.717) is 12.1 Å². The van der Waals surface area contributed by atoms with Gasteiger partial charge in [-0.15, -0.1) is 0 Å². The molecule has 1 rings (SSSR count). The number of hydrogen-bond donors (Lipinski definition) is 2. The monoisotopic (exact) mass is 367 g/mol. The number of carbonyl (C=O) groups is 1. The lowest BCUT2D eigenvalue weighted by atomic mass is 10.2. The lowest BCUT2D eigenvalue weighted by Crippen LogP contribution is -2.25. The second-order valence-corrected chi connectivity index (χ2v) is 4.70. The third kappa shape index (κ3) is 6.97. The van der Waals surface area contributed by atoms with E-state index >= 15 is 0 Å². The average molecular weight is 368 g/mol. The fourth-order valence-corrected chi connectivity index (χ4v) is 1.61. The zero-order chi connectivity index (χ0) is 16.6. The minimum atomic E-state index is -5.08. The third-order valence-corrected chi connectivity index (χ3v) is 2.69. The summed E-state index contributed by atoms with van der Waals surface area (Å²) in [6.07, 6.45) is -5.08. The first kappa shape index (κ1) is 19.2. The van der Waals surface area contributed by atoms with E-state index in [1.807, 2.05) is 30.1 Å². The topological polar surface area (TPSA) is 90.4 Å². The van der Waals surface area contributed by atoms with Crippen LogP contribution in [0.5, 0.6) is 0 Å². The molecule has 0 spiro atoms. The van der Waals surface area contributed by atoms with E-state index in [-0.39, 0.29) is 0 Å². The molecule has 3 N–H and O–H groups in total. The molecule has 0 atom stereocenters. The first-order valence-electron chi connectivity index (χ1n) is 5.54. The second-order valence-electron chi connectivity index (χ2n) is 3.79. The van der Waals surface area contributed by atoms with Gasteiger partial charge in [-0.3, -0.25) is 0 Å². The standard InChI is InChI=1S/C10H12BrN3.C2HF3O2/c1-14(5-4-12)10-3-2-9(11)6-8(10)7-13;3-2(4,5)1(6)7/h2-3,6H,4-5,12H2,1H3;(H,6,7). The molecular weight excluding hydrogens is 355 g/mol. The zero-order valence-corrected chi connectivity index (χ0v) is 12.6. The Hall–Kier alpha value is -1.79. The lowest BCUT2D eigenvalue weighted by molar-refractivity contribution is -0.192. The molecule has 21 heavy (non-hydrogen) atoms. The highest BCUT2D eigenvalue weighted by atomic mass is 79.9. The Morgan fingerprint density at radius 2 is 2.05 bits per heavy atom. The number of carboxylic acids is 1. The van der Waals surface area contributed by atoms with Crippen LogP contribution in [-0.2, 0) is 4.79 Å². The minimum absolute atomic E-state index is 0.581. The van der Waals surface area contributed by atoms with Crippen molar-refractivity contribution in [3.63, 3.8) is 0 Å². The normalized spacial score (nSPS) is 10.1. The lowest BCUT2D eigenvalue weighted by Gasteiger charge is -2.19. The molecule has 0 amide bonds. The molecule has 0 aliphatic heterocycles. The van der Waals surface area contributed by atoms with Gasteiger partial charge in [0, 0.05) is 24.6 Å². The molecule has 0 saturated carbocycles. The van der Waals surface area contributed by atoms with Crippen LogP contribution in [0.4, 0.5) is 18.9 Å². The summed E-state index contributed by atoms with van der Waals surface area (Å²) in [5, 5.41) is 16.1. The van der Waals surface area contributed by atoms with Gasteiger partial charge >= 0.3 is 12.1 Å². The average Bonchev–Trinajstić information content (AvgIpc) is 2.38. The maximum absolute atomic E-state index is 10.6. The first-order chi connectivity index (χ1) is 9.63. The van der Waals surface area contributed by atoms with Gasteiger partial charge in [-0.25, -0.2) is 4.79 Å². The number of nitrogens with two attached hydrogens (primary N) is 1. The van der Waals surface area contributed by atoms with Crippen LogP contribution >= 0.6 is 15.9 Å². The van der Waals surface area contributed by atoms with Crippen molar-refractivity contribution in [2.45, 2.75) is 6.18 Å². The van der Waals surface area contributed by atoms with Gasteiger partial charge < -0.3 is 15.7 Å². The highest BCUT2D eigenvalue weighted by Crippen LogP contribution is 2.22. The Kier molecular flexibility index (Phi) is 7.76. The Balaban J connectivity index is 0.000000486. The van der Waals surface area contributed by atoms with Crippen molar-refractivity contribution >= 4 is 27.6 Å². The van der Waals surface area contributed by atoms with E-state index in [0.717, 1.165) is 16.7 Å². The number of alkyl halides is 3. The van der Waals surface area contributed by atoms with Crippen molar-refractivity contribution in [1.29, 1.82) is 5.26 Å². The molecule has 116 valence electrons. The molecule has 0 fully saturated rings. The number of benzene rings is 1. The van der Waals surface area contributed by atoms with Crippen LogP contribution in [0.15, 0.2) is 22.7 Å². The van der Waals surface area contributed by atoms with Gasteiger partial charge in [-0.1, -0.05) is 15.9 Å². The van der Waals surface area contributed by atoms with Gasteiger partial charge in [-0.05, 0) is 18.2 Å². The van der Waals surface area contributed by atoms with Gasteiger partial charge in [-0.2, -0.15) is 18.4 Å². The molecule has 5 nitrogen and oxygen atoms in total. The number of aliphatic carboxylic acids is 1. The Morgan fingerprint density at radius 3 is 2.43 bits per heavy atom. The predicted molar refractivity (Wildman–Crippen MR) is 74.9 cm³/mol. The van der Waals surface area contributed by atoms with Crippen molar-refractivity contribution in [3.8, 4) is 6.07 Å². The zero-order valence-electron chi connectivity index (χ0n) is 11.0. The van der Waals surface area contributed by atoms with E-state index in [2.05, 4.69) is 22.0 Å². The molecule has 0 aliphatic carbocycles. The number of carboxylic acid groups (broad SMARTS) is 1. The quantitative estimate of drug-likeness (QED) is 0.855. The number of hydrogen-bond acceptors (Lipinski definition) is 4. The van der Waals surface area contributed by atoms with Crippen molar-refractivity contribution in [3.05, 3.63) is 28.2 Å². The van der Waals surface area contributed by atoms with Crippen LogP contribution in [0.25, 0.3) is 0 Å². The Morgan fingerprint density at radius 1 is 1.52 bits per heavy atom. The number of halogens is 4. The summed E-state index contributed by atoms with van der Waals surface area (Å²) in [5.41, 5.74) is 7.03. The molecule has 9 heteroatoms. The van der Waals surface area contributed by atoms with Gasteiger partial charge in [0.1, 0.15) is 6.07 Å². The maximum atomic E-state index is 10.6. The summed E-state index contributed by atoms with van der Waals surface area (Å²) in [7, 11) is 1.93. The van der Waals surface area contributed by atoms with Crippen LogP contribution in [0.1, 0.15) is 5.56 Å². The first-order valence-corrected chi connectivity index (χ1v) is 6.33. The highest BCUT2D eigenvalue weighted by Gasteiger charge is 2.38. The van der Waals surface area contributed by atoms with E-state index in [9.17, 15) is 13.2 Å². The van der Waals surface area contributed by atoms with Gasteiger partial charge in [0.25, 0.3) is 0 Å². The van der Waals surface area contributed by atoms with Gasteiger partial charge in [0.2, 0.25) is 0 Å². The van der Waals surface area contributed by atoms with Crippen LogP contribution in [0, 0.1) is 11.3 Å². The molecule has 0 aromatic heterocycles. The van der Waals surface area contributed by atoms with Gasteiger partial charge in [0.15, 0.2) is 0 Å². The van der Waals surface area contributed by atoms with Crippen molar-refractivity contribution in [2.75, 3.05) is 25.0 Å². The fraction of sp³-hybridized carbons (Fsp3) is 0.333. The van der Waals surface area contributed by atoms with Crippen molar-refractivity contribution in [1.82, 2.24) is 0 Å². The summed E-state index contributed by atoms with van der Waals surface area (Å²) < 4.78 is 32.7. The minimum Gasteiger partial charge on any atom is -0.475 e. The van der Waals surface area contributed by atoms with Gasteiger partial charge in [0.05, 0.1) is 11.3 Å². The number of likely N-dealkylation sites (N-methyl/N-ethyl adjacent to an activating group) is 1. The predicted octanol–water partition coefficient (Wildman–Crippen LogP) is 2.35. The van der Waals surface area contributed by atoms with E-state index < -0.39 is 12.1 Å². The van der Waals surface area contributed by atoms with Crippen molar-refractivity contribution < 1.29 is 23.1 Å². The summed E-state index contributed by atoms with van der Waals surface area (Å²) in [4.78, 5) is 10.9. The number of rotatable bonds is 3. The third-order valence-electron chi connectivity index (χ3n) is 2.20. The van der Waals surface area contributed by atoms with Crippen LogP contribution in [-0.4, -0.2) is 37.4 Å². The van der Waals surface area contributed by atoms with E-state index in [4.69, 9.17) is 20.9 Å². The Labute approximate surface area is 127 Å². The fourth-order valence-electron chi connectivity index (χ4n) is 1.24. The maximum Gasteiger partial charge on any atom is 0.490 e. The highest BCUT2D eigenvalue weighted by molar-refractivity contribution is 9.10. The number of nitriles is 1. The molecule has 0 unspecified atom stereocenters. The number of anilines is 1. The molecule has 0 radical (unpaired) electrons. The van der Waals surface area contributed by atoms with Crippen LogP contribution in [0.2, 0.25) is 0 Å². The van der Waals surface area contributed by atoms with Crippen molar-refractivity contribution in [2.24, 2.45) is 5.73 Å². The van der Waals surface area contributed by atoms with Crippen LogP contribution in [0.3, 0.4) is 0 Å². The Bertz CT molecular complexity index is 529. The molecule has 0 heterocycles. The second kappa shape index (κ2) is 8.49.